The van der Waals surface area contributed by atoms with Crippen LogP contribution in [0.25, 0.3) is 0 Å². The van der Waals surface area contributed by atoms with E-state index in [4.69, 9.17) is 13.6 Å². The van der Waals surface area contributed by atoms with Crippen LogP contribution < -0.4 is 0 Å². The second-order valence-electron chi connectivity index (χ2n) is 18.3. The van der Waals surface area contributed by atoms with Crippen molar-refractivity contribution in [2.75, 3.05) is 17.8 Å². The number of rotatable bonds is 23. The molecule has 2 rings (SSSR count). The number of hydrogen-bond acceptors (Lipinski definition) is 3. The Morgan fingerprint density at radius 3 is 1.87 bits per heavy atom. The first-order valence-electron chi connectivity index (χ1n) is 20.7. The van der Waals surface area contributed by atoms with Crippen LogP contribution in [-0.2, 0) is 13.6 Å². The van der Waals surface area contributed by atoms with Crippen molar-refractivity contribution < 1.29 is 13.6 Å². The van der Waals surface area contributed by atoms with E-state index in [2.05, 4.69) is 95.3 Å². The Hall–Kier alpha value is 0.852. The van der Waals surface area contributed by atoms with Gasteiger partial charge in [-0.1, -0.05) is 41.5 Å². The molecule has 0 radical (unpaired) electrons. The summed E-state index contributed by atoms with van der Waals surface area (Å²) in [5.41, 5.74) is 2.04. The summed E-state index contributed by atoms with van der Waals surface area (Å²) in [7, 11) is -3.45. The Bertz CT molecular complexity index is 896. The molecular formula is C41H84O3Si2Sn. The summed E-state index contributed by atoms with van der Waals surface area (Å²) >= 11 is -2.27. The van der Waals surface area contributed by atoms with Gasteiger partial charge in [0.2, 0.25) is 0 Å². The molecule has 6 heteroatoms. The van der Waals surface area contributed by atoms with Gasteiger partial charge in [0.15, 0.2) is 8.32 Å². The van der Waals surface area contributed by atoms with Gasteiger partial charge in [-0.2, -0.15) is 0 Å². The number of allylic oxidation sites excluding steroid dienone is 1. The average Bonchev–Trinajstić information content (AvgIpc) is 3.03. The molecule has 4 atom stereocenters. The van der Waals surface area contributed by atoms with E-state index in [1.54, 1.807) is 18.9 Å². The van der Waals surface area contributed by atoms with Crippen molar-refractivity contribution in [3.63, 3.8) is 0 Å². The van der Waals surface area contributed by atoms with Gasteiger partial charge in [0.05, 0.1) is 0 Å². The summed E-state index contributed by atoms with van der Waals surface area (Å²) in [4.78, 5) is 0. The van der Waals surface area contributed by atoms with Crippen LogP contribution in [0.15, 0.2) is 11.6 Å². The molecule has 2 aliphatic rings. The van der Waals surface area contributed by atoms with Gasteiger partial charge in [0, 0.05) is 0 Å². The minimum absolute atomic E-state index is 0.191. The monoisotopic (exact) mass is 800 g/mol. The zero-order chi connectivity index (χ0) is 35.4. The molecule has 0 aliphatic heterocycles. The van der Waals surface area contributed by atoms with E-state index < -0.39 is 35.0 Å². The zero-order valence-corrected chi connectivity index (χ0v) is 39.2. The Morgan fingerprint density at radius 2 is 1.38 bits per heavy atom. The first-order valence-corrected chi connectivity index (χ1v) is 34.2. The first-order chi connectivity index (χ1) is 22.1. The number of fused-ring (bicyclic) bond motifs is 1. The van der Waals surface area contributed by atoms with Crippen LogP contribution >= 0.6 is 0 Å². The van der Waals surface area contributed by atoms with Crippen LogP contribution in [0.3, 0.4) is 0 Å². The molecule has 0 saturated heterocycles. The quantitative estimate of drug-likeness (QED) is 0.0585. The molecule has 1 fully saturated rings. The van der Waals surface area contributed by atoms with Crippen molar-refractivity contribution in [2.24, 2.45) is 16.7 Å². The fraction of sp³-hybridized carbons (Fsp3) is 0.951. The average molecular weight is 800 g/mol. The van der Waals surface area contributed by atoms with Crippen LogP contribution in [0.2, 0.25) is 49.6 Å². The molecule has 0 unspecified atom stereocenters. The van der Waals surface area contributed by atoms with Crippen LogP contribution in [0.1, 0.15) is 153 Å². The molecule has 278 valence electrons. The Labute approximate surface area is 302 Å². The summed E-state index contributed by atoms with van der Waals surface area (Å²) in [6.07, 6.45) is 18.8. The van der Waals surface area contributed by atoms with Gasteiger partial charge in [-0.05, 0) is 18.1 Å². The maximum absolute atomic E-state index is 7.48. The maximum atomic E-state index is 7.48. The van der Waals surface area contributed by atoms with Crippen molar-refractivity contribution >= 4 is 35.0 Å². The van der Waals surface area contributed by atoms with Crippen LogP contribution in [0.5, 0.6) is 0 Å². The molecule has 0 aromatic carbocycles. The predicted octanol–water partition coefficient (Wildman–Crippen LogP) is 13.7. The SMILES string of the molecule is CCC[CH2][Sn]([CH2]CCC)([CH2]CCC)[CH2]OCC1=C[C@@]2(C)CC[C@@H](O[Si](CC)(CC)CC)[C@@](C)(CCCO[Si](C)(C)C(C)(C)C)[C@@H]2CC1. The fourth-order valence-electron chi connectivity index (χ4n) is 9.21. The second kappa shape index (κ2) is 19.6. The van der Waals surface area contributed by atoms with Crippen LogP contribution in [0, 0.1) is 16.7 Å². The minimum atomic E-state index is -2.27. The molecule has 2 aliphatic carbocycles. The van der Waals surface area contributed by atoms with Gasteiger partial charge < -0.3 is 0 Å². The summed E-state index contributed by atoms with van der Waals surface area (Å²) in [6, 6.07) is 3.73. The van der Waals surface area contributed by atoms with Crippen molar-refractivity contribution in [3.05, 3.63) is 11.6 Å². The van der Waals surface area contributed by atoms with Crippen LogP contribution in [0.4, 0.5) is 0 Å². The van der Waals surface area contributed by atoms with E-state index in [0.29, 0.717) is 12.0 Å². The molecule has 0 heterocycles. The topological polar surface area (TPSA) is 27.7 Å². The summed E-state index contributed by atoms with van der Waals surface area (Å²) in [5, 5.41) is 0.263. The third-order valence-electron chi connectivity index (χ3n) is 13.9. The van der Waals surface area contributed by atoms with E-state index in [9.17, 15) is 0 Å². The molecule has 0 spiro atoms. The Morgan fingerprint density at radius 1 is 0.830 bits per heavy atom. The summed E-state index contributed by atoms with van der Waals surface area (Å²) in [6.45, 7) is 33.3. The van der Waals surface area contributed by atoms with E-state index >= 15 is 0 Å². The number of hydrogen-bond donors (Lipinski definition) is 0. The fourth-order valence-corrected chi connectivity index (χ4v) is 27.6. The van der Waals surface area contributed by atoms with E-state index in [-0.39, 0.29) is 15.9 Å². The van der Waals surface area contributed by atoms with Crippen LogP contribution in [-0.4, -0.2) is 59.0 Å². The molecule has 0 aromatic rings. The predicted molar refractivity (Wildman–Crippen MR) is 216 cm³/mol. The summed E-state index contributed by atoms with van der Waals surface area (Å²) in [5.74, 6) is 0.666. The normalized spacial score (nSPS) is 25.9. The third kappa shape index (κ3) is 11.9. The van der Waals surface area contributed by atoms with E-state index in [1.165, 1.54) is 88.8 Å². The van der Waals surface area contributed by atoms with Gasteiger partial charge in [-0.3, -0.25) is 0 Å². The van der Waals surface area contributed by atoms with Gasteiger partial charge in [0.1, 0.15) is 0 Å². The number of unbranched alkanes of at least 4 members (excludes halogenated alkanes) is 3. The number of ether oxygens (including phenoxy) is 1. The molecule has 0 aromatic heterocycles. The molecule has 47 heavy (non-hydrogen) atoms. The molecule has 0 N–H and O–H groups in total. The van der Waals surface area contributed by atoms with Gasteiger partial charge in [-0.25, -0.2) is 0 Å². The Balaban J connectivity index is 2.27. The first kappa shape index (κ1) is 44.0. The third-order valence-corrected chi connectivity index (χ3v) is 37.5. The molecule has 0 amide bonds. The van der Waals surface area contributed by atoms with Gasteiger partial charge >= 0.3 is 236 Å². The zero-order valence-electron chi connectivity index (χ0n) is 34.3. The summed E-state index contributed by atoms with van der Waals surface area (Å²) < 4.78 is 26.9. The van der Waals surface area contributed by atoms with Gasteiger partial charge in [0.25, 0.3) is 0 Å². The Kier molecular flexibility index (Phi) is 18.4. The standard InChI is InChI=1S/C29H57O3Si2.3C4H9.Sn/c1-12-34(13-2,14-3)32-26-18-20-28(7)22-24(23-30-9)16-17-25(28)29(26,8)19-15-21-31-33(10,11)27(4,5)6;3*1-3-4-2;/h22,25-26H,9,12-21,23H2,1-8,10-11H3;3*1,3-4H2,2H3;/t25-,26-,28-,29+;;;;/m1..../s1. The molecule has 0 bridgehead atoms. The van der Waals surface area contributed by atoms with Crippen molar-refractivity contribution in [2.45, 2.75) is 209 Å². The van der Waals surface area contributed by atoms with Crippen molar-refractivity contribution in [1.82, 2.24) is 0 Å². The molecule has 1 saturated carbocycles. The molecule has 3 nitrogen and oxygen atoms in total. The molecular weight excluding hydrogens is 715 g/mol. The van der Waals surface area contributed by atoms with Crippen molar-refractivity contribution in [3.8, 4) is 0 Å². The second-order valence-corrected chi connectivity index (χ2v) is 41.5. The van der Waals surface area contributed by atoms with E-state index in [0.717, 1.165) is 24.3 Å². The van der Waals surface area contributed by atoms with Crippen molar-refractivity contribution in [1.29, 1.82) is 0 Å². The van der Waals surface area contributed by atoms with Gasteiger partial charge in [-0.15, -0.1) is 0 Å². The van der Waals surface area contributed by atoms with E-state index in [1.807, 2.05) is 0 Å².